The summed E-state index contributed by atoms with van der Waals surface area (Å²) in [5.74, 6) is 0. The maximum atomic E-state index is 11.8. The number of benzene rings is 1. The molecule has 8 nitrogen and oxygen atoms in total. The van der Waals surface area contributed by atoms with E-state index in [0.29, 0.717) is 5.69 Å². The molecule has 22 heavy (non-hydrogen) atoms. The first-order valence-corrected chi connectivity index (χ1v) is 8.49. The largest absolute Gasteiger partial charge is 0.375 e. The minimum Gasteiger partial charge on any atom is -0.375 e. The fourth-order valence-electron chi connectivity index (χ4n) is 2.57. The zero-order valence-corrected chi connectivity index (χ0v) is 13.4. The van der Waals surface area contributed by atoms with Gasteiger partial charge in [0.1, 0.15) is 5.69 Å². The Balaban J connectivity index is 2.30. The number of nitrogens with zero attached hydrogens (tertiary/aromatic N) is 2. The zero-order valence-electron chi connectivity index (χ0n) is 12.6. The van der Waals surface area contributed by atoms with Crippen molar-refractivity contribution >= 4 is 21.4 Å². The van der Waals surface area contributed by atoms with E-state index in [0.717, 1.165) is 32.0 Å². The molecule has 1 aromatic carbocycles. The molecule has 1 aromatic rings. The Kier molecular flexibility index (Phi) is 4.99. The second-order valence-electron chi connectivity index (χ2n) is 5.39. The van der Waals surface area contributed by atoms with Gasteiger partial charge in [-0.1, -0.05) is 0 Å². The summed E-state index contributed by atoms with van der Waals surface area (Å²) in [5, 5.41) is 14.4. The van der Waals surface area contributed by atoms with Crippen molar-refractivity contribution in [2.75, 3.05) is 32.5 Å². The summed E-state index contributed by atoms with van der Waals surface area (Å²) in [5.41, 5.74) is 0.116. The van der Waals surface area contributed by atoms with Crippen LogP contribution in [0.4, 0.5) is 11.4 Å². The summed E-state index contributed by atoms with van der Waals surface area (Å²) >= 11 is 0. The van der Waals surface area contributed by atoms with Gasteiger partial charge in [0, 0.05) is 18.7 Å². The van der Waals surface area contributed by atoms with Crippen molar-refractivity contribution in [2.24, 2.45) is 0 Å². The van der Waals surface area contributed by atoms with Crippen LogP contribution in [0.25, 0.3) is 0 Å². The Morgan fingerprint density at radius 3 is 2.73 bits per heavy atom. The highest BCUT2D eigenvalue weighted by atomic mass is 32.2. The van der Waals surface area contributed by atoms with Gasteiger partial charge in [0.25, 0.3) is 5.69 Å². The number of anilines is 1. The highest BCUT2D eigenvalue weighted by Crippen LogP contribution is 2.29. The number of sulfonamides is 1. The van der Waals surface area contributed by atoms with Gasteiger partial charge < -0.3 is 10.2 Å². The molecule has 0 radical (unpaired) electrons. The van der Waals surface area contributed by atoms with E-state index in [9.17, 15) is 18.5 Å². The van der Waals surface area contributed by atoms with Gasteiger partial charge in [-0.05, 0) is 45.6 Å². The molecule has 0 bridgehead atoms. The Labute approximate surface area is 129 Å². The highest BCUT2D eigenvalue weighted by Gasteiger charge is 2.23. The molecule has 0 aliphatic carbocycles. The smallest absolute Gasteiger partial charge is 0.293 e. The summed E-state index contributed by atoms with van der Waals surface area (Å²) < 4.78 is 25.7. The molecule has 1 heterocycles. The Morgan fingerprint density at radius 1 is 1.41 bits per heavy atom. The molecule has 0 unspecified atom stereocenters. The van der Waals surface area contributed by atoms with Crippen molar-refractivity contribution in [3.8, 4) is 0 Å². The molecule has 1 fully saturated rings. The van der Waals surface area contributed by atoms with E-state index >= 15 is 0 Å². The first-order valence-electron chi connectivity index (χ1n) is 7.00. The van der Waals surface area contributed by atoms with Crippen LogP contribution in [0.3, 0.4) is 0 Å². The quantitative estimate of drug-likeness (QED) is 0.617. The van der Waals surface area contributed by atoms with Crippen LogP contribution in [0.5, 0.6) is 0 Å². The number of nitro groups is 1. The molecule has 1 aliphatic heterocycles. The third kappa shape index (κ3) is 3.73. The molecule has 0 spiro atoms. The van der Waals surface area contributed by atoms with Crippen LogP contribution in [0.15, 0.2) is 23.1 Å². The topological polar surface area (TPSA) is 105 Å². The lowest BCUT2D eigenvalue weighted by Crippen LogP contribution is -2.39. The Hall–Kier alpha value is -1.71. The monoisotopic (exact) mass is 328 g/mol. The normalized spacial score (nSPS) is 19.8. The average Bonchev–Trinajstić information content (AvgIpc) is 2.47. The second-order valence-corrected chi connectivity index (χ2v) is 7.28. The van der Waals surface area contributed by atoms with Crippen molar-refractivity contribution < 1.29 is 13.3 Å². The molecule has 122 valence electrons. The zero-order chi connectivity index (χ0) is 16.3. The van der Waals surface area contributed by atoms with Gasteiger partial charge in [-0.2, -0.15) is 0 Å². The van der Waals surface area contributed by atoms with E-state index < -0.39 is 14.9 Å². The van der Waals surface area contributed by atoms with Crippen LogP contribution in [0.1, 0.15) is 12.8 Å². The van der Waals surface area contributed by atoms with E-state index in [2.05, 4.69) is 14.9 Å². The number of rotatable bonds is 5. The lowest BCUT2D eigenvalue weighted by molar-refractivity contribution is -0.384. The molecule has 1 saturated heterocycles. The molecule has 0 saturated carbocycles. The van der Waals surface area contributed by atoms with Gasteiger partial charge >= 0.3 is 0 Å². The number of likely N-dealkylation sites (N-methyl/N-ethyl adjacent to an activating group) is 1. The van der Waals surface area contributed by atoms with E-state index in [-0.39, 0.29) is 16.6 Å². The molecular formula is C13H20N4O4S. The number of nitro benzene ring substituents is 1. The van der Waals surface area contributed by atoms with Gasteiger partial charge in [-0.15, -0.1) is 0 Å². The van der Waals surface area contributed by atoms with Crippen LogP contribution < -0.4 is 10.0 Å². The predicted molar refractivity (Wildman–Crippen MR) is 83.5 cm³/mol. The highest BCUT2D eigenvalue weighted by molar-refractivity contribution is 7.89. The molecule has 0 amide bonds. The first-order chi connectivity index (χ1) is 10.3. The van der Waals surface area contributed by atoms with Crippen molar-refractivity contribution in [3.63, 3.8) is 0 Å². The number of likely N-dealkylation sites (tertiary alicyclic amines) is 1. The third-order valence-electron chi connectivity index (χ3n) is 3.73. The number of nitrogens with one attached hydrogen (secondary N) is 2. The fourth-order valence-corrected chi connectivity index (χ4v) is 3.32. The van der Waals surface area contributed by atoms with Gasteiger partial charge in [0.2, 0.25) is 10.0 Å². The van der Waals surface area contributed by atoms with Gasteiger partial charge in [0.05, 0.1) is 9.82 Å². The maximum absolute atomic E-state index is 11.8. The van der Waals surface area contributed by atoms with Crippen molar-refractivity contribution in [3.05, 3.63) is 28.3 Å². The van der Waals surface area contributed by atoms with E-state index in [1.807, 2.05) is 7.05 Å². The van der Waals surface area contributed by atoms with Gasteiger partial charge in [0.15, 0.2) is 0 Å². The lowest BCUT2D eigenvalue weighted by Gasteiger charge is -2.30. The first kappa shape index (κ1) is 16.7. The van der Waals surface area contributed by atoms with Crippen LogP contribution in [0, 0.1) is 10.1 Å². The van der Waals surface area contributed by atoms with Crippen molar-refractivity contribution in [2.45, 2.75) is 23.8 Å². The second kappa shape index (κ2) is 6.59. The van der Waals surface area contributed by atoms with Crippen LogP contribution in [0.2, 0.25) is 0 Å². The predicted octanol–water partition coefficient (Wildman–Crippen LogP) is 1.01. The Bertz CT molecular complexity index is 662. The SMILES string of the molecule is CNS(=O)(=O)c1ccc(N[C@@H]2CCCN(C)C2)c([N+](=O)[O-])c1. The van der Waals surface area contributed by atoms with E-state index in [1.54, 1.807) is 0 Å². The van der Waals surface area contributed by atoms with E-state index in [1.165, 1.54) is 19.2 Å². The third-order valence-corrected chi connectivity index (χ3v) is 5.14. The van der Waals surface area contributed by atoms with Crippen LogP contribution in [-0.2, 0) is 10.0 Å². The minimum absolute atomic E-state index is 0.115. The van der Waals surface area contributed by atoms with Crippen LogP contribution >= 0.6 is 0 Å². The molecule has 1 atom stereocenters. The maximum Gasteiger partial charge on any atom is 0.293 e. The summed E-state index contributed by atoms with van der Waals surface area (Å²) in [6.07, 6.45) is 1.95. The standard InChI is InChI=1S/C13H20N4O4S/c1-14-22(20,21)11-5-6-12(13(8-11)17(18)19)15-10-4-3-7-16(2)9-10/h5-6,8,10,14-15H,3-4,7,9H2,1-2H3/t10-/m1/s1. The minimum atomic E-state index is -3.70. The summed E-state index contributed by atoms with van der Waals surface area (Å²) in [4.78, 5) is 12.7. The number of hydrogen-bond donors (Lipinski definition) is 2. The van der Waals surface area contributed by atoms with Crippen molar-refractivity contribution in [1.82, 2.24) is 9.62 Å². The summed E-state index contributed by atoms with van der Waals surface area (Å²) in [7, 11) is -0.429. The van der Waals surface area contributed by atoms with Gasteiger partial charge in [-0.3, -0.25) is 10.1 Å². The Morgan fingerprint density at radius 2 is 2.14 bits per heavy atom. The molecule has 9 heteroatoms. The fraction of sp³-hybridized carbons (Fsp3) is 0.538. The number of piperidine rings is 1. The van der Waals surface area contributed by atoms with Gasteiger partial charge in [-0.25, -0.2) is 13.1 Å². The summed E-state index contributed by atoms with van der Waals surface area (Å²) in [6, 6.07) is 4.02. The molecule has 2 rings (SSSR count). The van der Waals surface area contributed by atoms with Crippen molar-refractivity contribution in [1.29, 1.82) is 0 Å². The lowest BCUT2D eigenvalue weighted by atomic mass is 10.1. The molecule has 2 N–H and O–H groups in total. The average molecular weight is 328 g/mol. The summed E-state index contributed by atoms with van der Waals surface area (Å²) in [6.45, 7) is 1.81. The molecule has 1 aliphatic rings. The molecular weight excluding hydrogens is 308 g/mol. The molecule has 0 aromatic heterocycles. The van der Waals surface area contributed by atoms with E-state index in [4.69, 9.17) is 0 Å². The number of hydrogen-bond acceptors (Lipinski definition) is 6. The van der Waals surface area contributed by atoms with Crippen LogP contribution in [-0.4, -0.2) is 51.5 Å².